The first-order valence-corrected chi connectivity index (χ1v) is 10.8. The summed E-state index contributed by atoms with van der Waals surface area (Å²) in [6.45, 7) is 3.70. The number of piperidine rings is 1. The Balaban J connectivity index is 1.35. The monoisotopic (exact) mass is 421 g/mol. The first-order valence-electron chi connectivity index (χ1n) is 10.8. The Labute approximate surface area is 182 Å². The molecule has 0 bridgehead atoms. The zero-order valence-electron chi connectivity index (χ0n) is 17.6. The summed E-state index contributed by atoms with van der Waals surface area (Å²) in [6.07, 6.45) is 1.51. The van der Waals surface area contributed by atoms with Gasteiger partial charge in [-0.25, -0.2) is 4.90 Å². The summed E-state index contributed by atoms with van der Waals surface area (Å²) < 4.78 is 5.43. The number of carbonyl (C=O) groups is 3. The van der Waals surface area contributed by atoms with Crippen LogP contribution in [0, 0.1) is 5.92 Å². The van der Waals surface area contributed by atoms with Crippen LogP contribution in [-0.4, -0.2) is 48.4 Å². The lowest BCUT2D eigenvalue weighted by atomic mass is 9.94. The number of carbonyl (C=O) groups excluding carboxylic acids is 3. The van der Waals surface area contributed by atoms with Crippen molar-refractivity contribution in [2.75, 3.05) is 29.9 Å². The molecular weight excluding hydrogens is 394 g/mol. The van der Waals surface area contributed by atoms with Gasteiger partial charge in [-0.15, -0.1) is 0 Å². The molecule has 3 amide bonds. The van der Waals surface area contributed by atoms with Crippen molar-refractivity contribution in [3.8, 4) is 5.75 Å². The molecule has 7 heteroatoms. The molecule has 0 unspecified atom stereocenters. The van der Waals surface area contributed by atoms with Crippen LogP contribution in [-0.2, 0) is 14.4 Å². The van der Waals surface area contributed by atoms with Gasteiger partial charge in [-0.1, -0.05) is 18.2 Å². The molecule has 0 spiro atoms. The zero-order valence-corrected chi connectivity index (χ0v) is 17.6. The van der Waals surface area contributed by atoms with Gasteiger partial charge >= 0.3 is 0 Å². The summed E-state index contributed by atoms with van der Waals surface area (Å²) in [5, 5.41) is 2.96. The van der Waals surface area contributed by atoms with Gasteiger partial charge in [0.1, 0.15) is 5.75 Å². The topological polar surface area (TPSA) is 79.0 Å². The number of para-hydroxylation sites is 1. The quantitative estimate of drug-likeness (QED) is 0.726. The molecule has 162 valence electrons. The van der Waals surface area contributed by atoms with Crippen molar-refractivity contribution in [1.29, 1.82) is 0 Å². The standard InChI is InChI=1S/C24H27N3O4/c1-2-31-20-10-8-19(9-11-20)27-22(28)16-21(24(27)30)26-14-12-17(13-15-26)23(29)25-18-6-4-3-5-7-18/h3-11,17,21H,2,12-16H2,1H3,(H,25,29)/t21-/m1/s1. The van der Waals surface area contributed by atoms with E-state index in [2.05, 4.69) is 5.32 Å². The Morgan fingerprint density at radius 3 is 2.35 bits per heavy atom. The number of ether oxygens (including phenoxy) is 1. The zero-order chi connectivity index (χ0) is 21.8. The summed E-state index contributed by atoms with van der Waals surface area (Å²) in [7, 11) is 0. The Bertz CT molecular complexity index is 937. The lowest BCUT2D eigenvalue weighted by molar-refractivity contribution is -0.123. The number of benzene rings is 2. The van der Waals surface area contributed by atoms with Gasteiger partial charge < -0.3 is 10.1 Å². The van der Waals surface area contributed by atoms with E-state index in [4.69, 9.17) is 4.74 Å². The first-order chi connectivity index (χ1) is 15.1. The van der Waals surface area contributed by atoms with Crippen molar-refractivity contribution in [2.24, 2.45) is 5.92 Å². The Morgan fingerprint density at radius 2 is 1.71 bits per heavy atom. The van der Waals surface area contributed by atoms with E-state index in [1.54, 1.807) is 24.3 Å². The van der Waals surface area contributed by atoms with Crippen molar-refractivity contribution >= 4 is 29.1 Å². The number of nitrogens with zero attached hydrogens (tertiary/aromatic N) is 2. The third kappa shape index (κ3) is 4.61. The molecule has 7 nitrogen and oxygen atoms in total. The third-order valence-corrected chi connectivity index (χ3v) is 5.91. The van der Waals surface area contributed by atoms with Crippen molar-refractivity contribution < 1.29 is 19.1 Å². The summed E-state index contributed by atoms with van der Waals surface area (Å²) in [5.41, 5.74) is 1.36. The maximum absolute atomic E-state index is 13.0. The van der Waals surface area contributed by atoms with Gasteiger partial charge in [0.2, 0.25) is 11.8 Å². The SMILES string of the molecule is CCOc1ccc(N2C(=O)C[C@@H](N3CCC(C(=O)Nc4ccccc4)CC3)C2=O)cc1. The minimum absolute atomic E-state index is 0.00990. The summed E-state index contributed by atoms with van der Waals surface area (Å²) in [6, 6.07) is 16.0. The molecule has 0 aliphatic carbocycles. The fourth-order valence-corrected chi connectivity index (χ4v) is 4.27. The molecule has 2 aliphatic rings. The second-order valence-corrected chi connectivity index (χ2v) is 7.88. The van der Waals surface area contributed by atoms with Gasteiger partial charge in [0.15, 0.2) is 0 Å². The predicted octanol–water partition coefficient (Wildman–Crippen LogP) is 3.07. The number of imide groups is 1. The van der Waals surface area contributed by atoms with Crippen LogP contribution in [0.5, 0.6) is 5.75 Å². The van der Waals surface area contributed by atoms with Crippen LogP contribution >= 0.6 is 0 Å². The summed E-state index contributed by atoms with van der Waals surface area (Å²) in [4.78, 5) is 41.5. The maximum Gasteiger partial charge on any atom is 0.251 e. The number of amides is 3. The number of hydrogen-bond acceptors (Lipinski definition) is 5. The van der Waals surface area contributed by atoms with E-state index in [9.17, 15) is 14.4 Å². The summed E-state index contributed by atoms with van der Waals surface area (Å²) in [5.74, 6) is 0.240. The molecule has 1 atom stereocenters. The van der Waals surface area contributed by atoms with E-state index >= 15 is 0 Å². The number of likely N-dealkylation sites (tertiary alicyclic amines) is 1. The Morgan fingerprint density at radius 1 is 1.03 bits per heavy atom. The number of hydrogen-bond donors (Lipinski definition) is 1. The van der Waals surface area contributed by atoms with Crippen LogP contribution in [0.4, 0.5) is 11.4 Å². The second kappa shape index (κ2) is 9.31. The molecule has 2 aromatic carbocycles. The van der Waals surface area contributed by atoms with Crippen LogP contribution in [0.2, 0.25) is 0 Å². The van der Waals surface area contributed by atoms with Crippen LogP contribution in [0.3, 0.4) is 0 Å². The first kappa shape index (κ1) is 21.1. The third-order valence-electron chi connectivity index (χ3n) is 5.91. The van der Waals surface area contributed by atoms with Crippen molar-refractivity contribution in [1.82, 2.24) is 4.90 Å². The van der Waals surface area contributed by atoms with E-state index in [-0.39, 0.29) is 30.1 Å². The van der Waals surface area contributed by atoms with Gasteiger partial charge in [0.05, 0.1) is 24.8 Å². The molecule has 2 aromatic rings. The van der Waals surface area contributed by atoms with E-state index in [1.807, 2.05) is 42.2 Å². The number of nitrogens with one attached hydrogen (secondary N) is 1. The molecular formula is C24H27N3O4. The highest BCUT2D eigenvalue weighted by Gasteiger charge is 2.43. The highest BCUT2D eigenvalue weighted by molar-refractivity contribution is 6.22. The normalized spacial score (nSPS) is 20.2. The predicted molar refractivity (Wildman–Crippen MR) is 118 cm³/mol. The fraction of sp³-hybridized carbons (Fsp3) is 0.375. The van der Waals surface area contributed by atoms with Gasteiger partial charge in [-0.3, -0.25) is 19.3 Å². The van der Waals surface area contributed by atoms with Gasteiger partial charge in [0.25, 0.3) is 5.91 Å². The van der Waals surface area contributed by atoms with E-state index in [0.29, 0.717) is 44.0 Å². The average Bonchev–Trinajstić information content (AvgIpc) is 3.09. The number of anilines is 2. The van der Waals surface area contributed by atoms with Crippen molar-refractivity contribution in [2.45, 2.75) is 32.2 Å². The van der Waals surface area contributed by atoms with Gasteiger partial charge in [-0.05, 0) is 69.3 Å². The Hall–Kier alpha value is -3.19. The lowest BCUT2D eigenvalue weighted by Crippen LogP contribution is -2.47. The van der Waals surface area contributed by atoms with Crippen molar-refractivity contribution in [3.63, 3.8) is 0 Å². The summed E-state index contributed by atoms with van der Waals surface area (Å²) >= 11 is 0. The van der Waals surface area contributed by atoms with Gasteiger partial charge in [-0.2, -0.15) is 0 Å². The largest absolute Gasteiger partial charge is 0.494 e. The second-order valence-electron chi connectivity index (χ2n) is 7.88. The average molecular weight is 421 g/mol. The molecule has 2 aliphatic heterocycles. The van der Waals surface area contributed by atoms with Gasteiger partial charge in [0, 0.05) is 11.6 Å². The van der Waals surface area contributed by atoms with Crippen molar-refractivity contribution in [3.05, 3.63) is 54.6 Å². The van der Waals surface area contributed by atoms with E-state index < -0.39 is 6.04 Å². The van der Waals surface area contributed by atoms with Crippen LogP contribution in [0.1, 0.15) is 26.2 Å². The molecule has 2 saturated heterocycles. The van der Waals surface area contributed by atoms with E-state index in [1.165, 1.54) is 4.90 Å². The lowest BCUT2D eigenvalue weighted by Gasteiger charge is -2.34. The van der Waals surface area contributed by atoms with Crippen LogP contribution in [0.25, 0.3) is 0 Å². The molecule has 2 heterocycles. The molecule has 0 radical (unpaired) electrons. The van der Waals surface area contributed by atoms with Crippen LogP contribution < -0.4 is 15.0 Å². The molecule has 0 aromatic heterocycles. The maximum atomic E-state index is 13.0. The molecule has 0 saturated carbocycles. The fourth-order valence-electron chi connectivity index (χ4n) is 4.27. The van der Waals surface area contributed by atoms with E-state index in [0.717, 1.165) is 5.69 Å². The molecule has 2 fully saturated rings. The highest BCUT2D eigenvalue weighted by Crippen LogP contribution is 2.30. The molecule has 1 N–H and O–H groups in total. The number of rotatable bonds is 6. The molecule has 31 heavy (non-hydrogen) atoms. The highest BCUT2D eigenvalue weighted by atomic mass is 16.5. The Kier molecular flexibility index (Phi) is 6.32. The minimum Gasteiger partial charge on any atom is -0.494 e. The smallest absolute Gasteiger partial charge is 0.251 e. The molecule has 4 rings (SSSR count). The minimum atomic E-state index is -0.461. The van der Waals surface area contributed by atoms with Crippen LogP contribution in [0.15, 0.2) is 54.6 Å².